The third-order valence-corrected chi connectivity index (χ3v) is 4.58. The molecule has 1 aliphatic rings. The lowest BCUT2D eigenvalue weighted by atomic mass is 10.1. The van der Waals surface area contributed by atoms with Gasteiger partial charge in [0.05, 0.1) is 6.10 Å². The molecule has 2 N–H and O–H groups in total. The molecular formula is C16H24BrN3O. The number of hydrogen-bond acceptors (Lipinski definition) is 2. The molecule has 0 spiro atoms. The van der Waals surface area contributed by atoms with Crippen molar-refractivity contribution >= 4 is 21.9 Å². The van der Waals surface area contributed by atoms with Gasteiger partial charge in [-0.3, -0.25) is 4.99 Å². The maximum atomic E-state index is 9.88. The van der Waals surface area contributed by atoms with Crippen LogP contribution in [0, 0.1) is 5.92 Å². The summed E-state index contributed by atoms with van der Waals surface area (Å²) in [6.07, 6.45) is 3.00. The largest absolute Gasteiger partial charge is 0.393 e. The summed E-state index contributed by atoms with van der Waals surface area (Å²) in [5, 5.41) is 13.3. The molecule has 1 saturated carbocycles. The van der Waals surface area contributed by atoms with Gasteiger partial charge in [0, 0.05) is 37.6 Å². The Hall–Kier alpha value is -1.07. The molecule has 1 aromatic carbocycles. The van der Waals surface area contributed by atoms with Gasteiger partial charge in [-0.15, -0.1) is 0 Å². The third kappa shape index (κ3) is 4.71. The number of nitrogens with one attached hydrogen (secondary N) is 1. The molecule has 0 heterocycles. The van der Waals surface area contributed by atoms with E-state index in [1.54, 1.807) is 7.05 Å². The molecule has 5 heteroatoms. The monoisotopic (exact) mass is 353 g/mol. The molecule has 1 fully saturated rings. The van der Waals surface area contributed by atoms with Crippen LogP contribution in [0.1, 0.15) is 24.8 Å². The second kappa shape index (κ2) is 7.80. The van der Waals surface area contributed by atoms with E-state index in [2.05, 4.69) is 43.3 Å². The average molecular weight is 354 g/mol. The molecule has 0 saturated heterocycles. The van der Waals surface area contributed by atoms with Crippen molar-refractivity contribution in [1.82, 2.24) is 10.2 Å². The van der Waals surface area contributed by atoms with Gasteiger partial charge >= 0.3 is 0 Å². The first-order valence-corrected chi connectivity index (χ1v) is 8.23. The summed E-state index contributed by atoms with van der Waals surface area (Å²) >= 11 is 3.45. The lowest BCUT2D eigenvalue weighted by molar-refractivity contribution is 0.134. The summed E-state index contributed by atoms with van der Waals surface area (Å²) < 4.78 is 1.09. The standard InChI is InChI=1S/C16H24BrN3O/c1-18-16(19-10-13-4-3-5-15(13)21)20(2)11-12-6-8-14(17)9-7-12/h6-9,13,15,21H,3-5,10-11H2,1-2H3,(H,18,19). The van der Waals surface area contributed by atoms with Gasteiger partial charge < -0.3 is 15.3 Å². The summed E-state index contributed by atoms with van der Waals surface area (Å²) in [4.78, 5) is 6.43. The van der Waals surface area contributed by atoms with Crippen molar-refractivity contribution in [2.75, 3.05) is 20.6 Å². The number of aliphatic hydroxyl groups is 1. The Bertz CT molecular complexity index is 475. The van der Waals surface area contributed by atoms with Crippen LogP contribution in [-0.4, -0.2) is 42.7 Å². The molecule has 21 heavy (non-hydrogen) atoms. The highest BCUT2D eigenvalue weighted by Gasteiger charge is 2.25. The highest BCUT2D eigenvalue weighted by molar-refractivity contribution is 9.10. The van der Waals surface area contributed by atoms with Crippen molar-refractivity contribution < 1.29 is 5.11 Å². The van der Waals surface area contributed by atoms with E-state index in [9.17, 15) is 5.11 Å². The van der Waals surface area contributed by atoms with Gasteiger partial charge in [0.25, 0.3) is 0 Å². The minimum atomic E-state index is -0.160. The second-order valence-corrected chi connectivity index (χ2v) is 6.58. The van der Waals surface area contributed by atoms with Gasteiger partial charge in [-0.2, -0.15) is 0 Å². The molecule has 0 aliphatic heterocycles. The first kappa shape index (κ1) is 16.3. The fourth-order valence-electron chi connectivity index (χ4n) is 2.80. The molecule has 0 amide bonds. The quantitative estimate of drug-likeness (QED) is 0.646. The van der Waals surface area contributed by atoms with Crippen LogP contribution in [0.4, 0.5) is 0 Å². The minimum absolute atomic E-state index is 0.160. The SMILES string of the molecule is CN=C(NCC1CCCC1O)N(C)Cc1ccc(Br)cc1. The minimum Gasteiger partial charge on any atom is -0.393 e. The highest BCUT2D eigenvalue weighted by atomic mass is 79.9. The van der Waals surface area contributed by atoms with Gasteiger partial charge in [-0.05, 0) is 30.5 Å². The molecule has 4 nitrogen and oxygen atoms in total. The maximum absolute atomic E-state index is 9.88. The zero-order valence-electron chi connectivity index (χ0n) is 12.7. The van der Waals surface area contributed by atoms with Crippen molar-refractivity contribution in [2.45, 2.75) is 31.9 Å². The van der Waals surface area contributed by atoms with E-state index in [4.69, 9.17) is 0 Å². The zero-order valence-corrected chi connectivity index (χ0v) is 14.3. The molecule has 2 rings (SSSR count). The molecule has 1 aliphatic carbocycles. The molecule has 2 unspecified atom stereocenters. The van der Waals surface area contributed by atoms with Gasteiger partial charge in [-0.1, -0.05) is 34.5 Å². The Balaban J connectivity index is 1.86. The average Bonchev–Trinajstić information content (AvgIpc) is 2.88. The normalized spacial score (nSPS) is 22.4. The van der Waals surface area contributed by atoms with Crippen molar-refractivity contribution in [3.05, 3.63) is 34.3 Å². The van der Waals surface area contributed by atoms with Crippen LogP contribution < -0.4 is 5.32 Å². The number of halogens is 1. The Morgan fingerprint density at radius 1 is 1.38 bits per heavy atom. The van der Waals surface area contributed by atoms with E-state index in [0.29, 0.717) is 5.92 Å². The van der Waals surface area contributed by atoms with E-state index in [-0.39, 0.29) is 6.10 Å². The summed E-state index contributed by atoms with van der Waals surface area (Å²) in [5.74, 6) is 1.22. The third-order valence-electron chi connectivity index (χ3n) is 4.05. The predicted molar refractivity (Wildman–Crippen MR) is 90.3 cm³/mol. The number of hydrogen-bond donors (Lipinski definition) is 2. The van der Waals surface area contributed by atoms with Crippen molar-refractivity contribution in [3.63, 3.8) is 0 Å². The number of benzene rings is 1. The van der Waals surface area contributed by atoms with Gasteiger partial charge in [0.2, 0.25) is 0 Å². The lowest BCUT2D eigenvalue weighted by Gasteiger charge is -2.24. The molecule has 0 bridgehead atoms. The first-order valence-electron chi connectivity index (χ1n) is 7.44. The molecular weight excluding hydrogens is 330 g/mol. The van der Waals surface area contributed by atoms with Crippen LogP contribution in [0.15, 0.2) is 33.7 Å². The second-order valence-electron chi connectivity index (χ2n) is 5.67. The summed E-state index contributed by atoms with van der Waals surface area (Å²) in [7, 11) is 3.83. The van der Waals surface area contributed by atoms with E-state index in [0.717, 1.165) is 42.8 Å². The van der Waals surface area contributed by atoms with E-state index in [1.165, 1.54) is 5.56 Å². The van der Waals surface area contributed by atoms with Crippen LogP contribution in [-0.2, 0) is 6.54 Å². The zero-order chi connectivity index (χ0) is 15.2. The highest BCUT2D eigenvalue weighted by Crippen LogP contribution is 2.24. The van der Waals surface area contributed by atoms with E-state index < -0.39 is 0 Å². The maximum Gasteiger partial charge on any atom is 0.193 e. The fourth-order valence-corrected chi connectivity index (χ4v) is 3.07. The molecule has 1 aromatic rings. The summed E-state index contributed by atoms with van der Waals surface area (Å²) in [6, 6.07) is 8.31. The predicted octanol–water partition coefficient (Wildman–Crippen LogP) is 2.62. The van der Waals surface area contributed by atoms with Gasteiger partial charge in [0.1, 0.15) is 0 Å². The van der Waals surface area contributed by atoms with Crippen molar-refractivity contribution in [2.24, 2.45) is 10.9 Å². The molecule has 2 atom stereocenters. The van der Waals surface area contributed by atoms with Crippen LogP contribution in [0.3, 0.4) is 0 Å². The van der Waals surface area contributed by atoms with Crippen molar-refractivity contribution in [3.8, 4) is 0 Å². The first-order chi connectivity index (χ1) is 10.1. The number of rotatable bonds is 4. The Morgan fingerprint density at radius 2 is 2.10 bits per heavy atom. The van der Waals surface area contributed by atoms with Crippen LogP contribution in [0.5, 0.6) is 0 Å². The Morgan fingerprint density at radius 3 is 2.67 bits per heavy atom. The fraction of sp³-hybridized carbons (Fsp3) is 0.562. The number of nitrogens with zero attached hydrogens (tertiary/aromatic N) is 2. The molecule has 0 radical (unpaired) electrons. The van der Waals surface area contributed by atoms with Crippen molar-refractivity contribution in [1.29, 1.82) is 0 Å². The summed E-state index contributed by atoms with van der Waals surface area (Å²) in [5.41, 5.74) is 1.24. The smallest absolute Gasteiger partial charge is 0.193 e. The van der Waals surface area contributed by atoms with Gasteiger partial charge in [0.15, 0.2) is 5.96 Å². The van der Waals surface area contributed by atoms with Crippen LogP contribution in [0.2, 0.25) is 0 Å². The Labute approximate surface area is 135 Å². The van der Waals surface area contributed by atoms with E-state index in [1.807, 2.05) is 19.2 Å². The van der Waals surface area contributed by atoms with E-state index >= 15 is 0 Å². The number of guanidine groups is 1. The van der Waals surface area contributed by atoms with Crippen LogP contribution >= 0.6 is 15.9 Å². The Kier molecular flexibility index (Phi) is 6.06. The number of aliphatic hydroxyl groups excluding tert-OH is 1. The lowest BCUT2D eigenvalue weighted by Crippen LogP contribution is -2.41. The van der Waals surface area contributed by atoms with Crippen LogP contribution in [0.25, 0.3) is 0 Å². The number of aliphatic imine (C=N–C) groups is 1. The topological polar surface area (TPSA) is 47.9 Å². The van der Waals surface area contributed by atoms with Gasteiger partial charge in [-0.25, -0.2) is 0 Å². The molecule has 0 aromatic heterocycles. The molecule has 116 valence electrons. The summed E-state index contributed by atoms with van der Waals surface area (Å²) in [6.45, 7) is 1.60.